The molecule has 0 aliphatic rings. The number of carbonyl (C=O) groups excluding carboxylic acids is 2. The fourth-order valence-electron chi connectivity index (χ4n) is 1.10. The number of carboxylic acid groups (broad SMARTS) is 1. The molecule has 0 aromatic heterocycles. The van der Waals surface area contributed by atoms with Gasteiger partial charge in [-0.1, -0.05) is 13.8 Å². The smallest absolute Gasteiger partial charge is 0.328 e. The molecule has 0 aromatic carbocycles. The molecular weight excluding hydrogens is 228 g/mol. The van der Waals surface area contributed by atoms with Crippen molar-refractivity contribution >= 4 is 18.0 Å². The monoisotopic (exact) mass is 246 g/mol. The minimum absolute atomic E-state index is 0.00710. The number of methoxy groups -OCH3 is 1. The van der Waals surface area contributed by atoms with Crippen molar-refractivity contribution in [2.75, 3.05) is 13.7 Å². The number of hydrogen-bond acceptors (Lipinski definition) is 4. The molecule has 0 bridgehead atoms. The summed E-state index contributed by atoms with van der Waals surface area (Å²) in [5.74, 6) is -1.65. The Morgan fingerprint density at radius 3 is 2.29 bits per heavy atom. The summed E-state index contributed by atoms with van der Waals surface area (Å²) in [5, 5.41) is 13.1. The fraction of sp³-hybridized carbons (Fsp3) is 0.700. The molecule has 0 aromatic rings. The fourth-order valence-corrected chi connectivity index (χ4v) is 1.10. The first-order chi connectivity index (χ1) is 7.88. The van der Waals surface area contributed by atoms with Gasteiger partial charge in [-0.25, -0.2) is 9.59 Å². The molecule has 0 rings (SSSR count). The molecule has 0 saturated heterocycles. The highest BCUT2D eigenvalue weighted by molar-refractivity contribution is 5.83. The zero-order valence-corrected chi connectivity index (χ0v) is 10.1. The van der Waals surface area contributed by atoms with E-state index in [1.807, 2.05) is 0 Å². The van der Waals surface area contributed by atoms with E-state index in [0.717, 1.165) is 0 Å². The molecule has 2 amide bonds. The van der Waals surface area contributed by atoms with Crippen LogP contribution in [0.5, 0.6) is 0 Å². The van der Waals surface area contributed by atoms with E-state index in [1.165, 1.54) is 7.11 Å². The molecule has 0 radical (unpaired) electrons. The third kappa shape index (κ3) is 6.39. The van der Waals surface area contributed by atoms with Crippen LogP contribution < -0.4 is 10.6 Å². The minimum Gasteiger partial charge on any atom is -0.481 e. The quantitative estimate of drug-likeness (QED) is 0.570. The SMILES string of the molecule is COC(=O)C(NC(=O)NCCC(=O)O)C(C)C. The van der Waals surface area contributed by atoms with Crippen molar-refractivity contribution < 1.29 is 24.2 Å². The highest BCUT2D eigenvalue weighted by Gasteiger charge is 2.24. The number of nitrogens with one attached hydrogen (secondary N) is 2. The summed E-state index contributed by atoms with van der Waals surface area (Å²) in [5.41, 5.74) is 0. The molecule has 1 unspecified atom stereocenters. The maximum Gasteiger partial charge on any atom is 0.328 e. The van der Waals surface area contributed by atoms with E-state index in [1.54, 1.807) is 13.8 Å². The van der Waals surface area contributed by atoms with E-state index >= 15 is 0 Å². The Labute approximate surface area is 99.5 Å². The van der Waals surface area contributed by atoms with Crippen molar-refractivity contribution in [1.82, 2.24) is 10.6 Å². The van der Waals surface area contributed by atoms with Crippen LogP contribution in [0.15, 0.2) is 0 Å². The summed E-state index contributed by atoms with van der Waals surface area (Å²) in [6.45, 7) is 3.53. The second-order valence-corrected chi connectivity index (χ2v) is 3.79. The van der Waals surface area contributed by atoms with Gasteiger partial charge in [-0.15, -0.1) is 0 Å². The number of aliphatic carboxylic acids is 1. The topological polar surface area (TPSA) is 105 Å². The zero-order valence-electron chi connectivity index (χ0n) is 10.1. The van der Waals surface area contributed by atoms with Crippen LogP contribution in [-0.2, 0) is 14.3 Å². The lowest BCUT2D eigenvalue weighted by Crippen LogP contribution is -2.49. The first-order valence-corrected chi connectivity index (χ1v) is 5.22. The van der Waals surface area contributed by atoms with Crippen molar-refractivity contribution in [1.29, 1.82) is 0 Å². The number of urea groups is 1. The van der Waals surface area contributed by atoms with Crippen LogP contribution in [0.2, 0.25) is 0 Å². The Kier molecular flexibility index (Phi) is 6.69. The van der Waals surface area contributed by atoms with Crippen LogP contribution in [0, 0.1) is 5.92 Å². The molecule has 0 heterocycles. The number of carbonyl (C=O) groups is 3. The van der Waals surface area contributed by atoms with Crippen LogP contribution in [-0.4, -0.2) is 42.8 Å². The maximum atomic E-state index is 11.3. The van der Waals surface area contributed by atoms with Gasteiger partial charge in [0, 0.05) is 6.54 Å². The lowest BCUT2D eigenvalue weighted by molar-refractivity contribution is -0.144. The van der Waals surface area contributed by atoms with Gasteiger partial charge >= 0.3 is 18.0 Å². The van der Waals surface area contributed by atoms with Gasteiger partial charge in [-0.2, -0.15) is 0 Å². The highest BCUT2D eigenvalue weighted by atomic mass is 16.5. The Bertz CT molecular complexity index is 290. The summed E-state index contributed by atoms with van der Waals surface area (Å²) in [7, 11) is 1.24. The average molecular weight is 246 g/mol. The maximum absolute atomic E-state index is 11.3. The molecule has 0 aliphatic heterocycles. The second-order valence-electron chi connectivity index (χ2n) is 3.79. The molecule has 3 N–H and O–H groups in total. The summed E-state index contributed by atoms with van der Waals surface area (Å²) in [4.78, 5) is 32.9. The molecule has 7 nitrogen and oxygen atoms in total. The normalized spacial score (nSPS) is 11.8. The molecule has 0 saturated carbocycles. The minimum atomic E-state index is -1.00. The van der Waals surface area contributed by atoms with Gasteiger partial charge in [-0.3, -0.25) is 4.79 Å². The van der Waals surface area contributed by atoms with Crippen molar-refractivity contribution in [2.24, 2.45) is 5.92 Å². The van der Waals surface area contributed by atoms with Crippen LogP contribution in [0.1, 0.15) is 20.3 Å². The van der Waals surface area contributed by atoms with Crippen molar-refractivity contribution in [2.45, 2.75) is 26.3 Å². The Morgan fingerprint density at radius 2 is 1.88 bits per heavy atom. The number of rotatable bonds is 6. The van der Waals surface area contributed by atoms with Crippen LogP contribution >= 0.6 is 0 Å². The van der Waals surface area contributed by atoms with Crippen LogP contribution in [0.4, 0.5) is 4.79 Å². The average Bonchev–Trinajstić information content (AvgIpc) is 2.24. The van der Waals surface area contributed by atoms with Crippen molar-refractivity contribution in [3.8, 4) is 0 Å². The molecular formula is C10H18N2O5. The molecule has 1 atom stereocenters. The predicted octanol–water partition coefficient (Wildman–Crippen LogP) is -0.0421. The van der Waals surface area contributed by atoms with Gasteiger partial charge < -0.3 is 20.5 Å². The van der Waals surface area contributed by atoms with E-state index in [2.05, 4.69) is 15.4 Å². The number of esters is 1. The van der Waals surface area contributed by atoms with Crippen molar-refractivity contribution in [3.05, 3.63) is 0 Å². The molecule has 98 valence electrons. The largest absolute Gasteiger partial charge is 0.481 e. The van der Waals surface area contributed by atoms with E-state index in [9.17, 15) is 14.4 Å². The van der Waals surface area contributed by atoms with E-state index < -0.39 is 24.0 Å². The summed E-state index contributed by atoms with van der Waals surface area (Å²) < 4.78 is 4.54. The van der Waals surface area contributed by atoms with Gasteiger partial charge in [0.1, 0.15) is 6.04 Å². The van der Waals surface area contributed by atoms with E-state index in [4.69, 9.17) is 5.11 Å². The highest BCUT2D eigenvalue weighted by Crippen LogP contribution is 2.03. The Balaban J connectivity index is 4.13. The second kappa shape index (κ2) is 7.48. The third-order valence-corrected chi connectivity index (χ3v) is 2.03. The van der Waals surface area contributed by atoms with Gasteiger partial charge in [-0.05, 0) is 5.92 Å². The third-order valence-electron chi connectivity index (χ3n) is 2.03. The van der Waals surface area contributed by atoms with Gasteiger partial charge in [0.15, 0.2) is 0 Å². The Morgan fingerprint density at radius 1 is 1.29 bits per heavy atom. The number of carboxylic acids is 1. The van der Waals surface area contributed by atoms with Gasteiger partial charge in [0.05, 0.1) is 13.5 Å². The standard InChI is InChI=1S/C10H18N2O5/c1-6(2)8(9(15)17-3)12-10(16)11-5-4-7(13)14/h6,8H,4-5H2,1-3H3,(H,13,14)(H2,11,12,16). The number of amides is 2. The lowest BCUT2D eigenvalue weighted by Gasteiger charge is -2.19. The molecule has 17 heavy (non-hydrogen) atoms. The molecule has 7 heteroatoms. The summed E-state index contributed by atoms with van der Waals surface area (Å²) in [6, 6.07) is -1.33. The molecule has 0 fully saturated rings. The molecule has 0 spiro atoms. The van der Waals surface area contributed by atoms with Gasteiger partial charge in [0.2, 0.25) is 0 Å². The van der Waals surface area contributed by atoms with Gasteiger partial charge in [0.25, 0.3) is 0 Å². The molecule has 0 aliphatic carbocycles. The van der Waals surface area contributed by atoms with Crippen LogP contribution in [0.25, 0.3) is 0 Å². The Hall–Kier alpha value is -1.79. The number of hydrogen-bond donors (Lipinski definition) is 3. The first-order valence-electron chi connectivity index (χ1n) is 5.22. The summed E-state index contributed by atoms with van der Waals surface area (Å²) >= 11 is 0. The predicted molar refractivity (Wildman–Crippen MR) is 59.4 cm³/mol. The zero-order chi connectivity index (χ0) is 13.4. The lowest BCUT2D eigenvalue weighted by atomic mass is 10.1. The van der Waals surface area contributed by atoms with E-state index in [0.29, 0.717) is 0 Å². The van der Waals surface area contributed by atoms with E-state index in [-0.39, 0.29) is 18.9 Å². The first kappa shape index (κ1) is 15.2. The number of ether oxygens (including phenoxy) is 1. The van der Waals surface area contributed by atoms with Crippen LogP contribution in [0.3, 0.4) is 0 Å². The summed E-state index contributed by atoms with van der Waals surface area (Å²) in [6.07, 6.45) is -0.169. The van der Waals surface area contributed by atoms with Crippen molar-refractivity contribution in [3.63, 3.8) is 0 Å².